The standard InChI is InChI=1S/C11H21N3O/c1-7(12)10-9(15)6-14(13-10)8(2)11(3,4)5/h6-8,15H,12H2,1-5H3. The van der Waals surface area contributed by atoms with E-state index in [9.17, 15) is 5.11 Å². The van der Waals surface area contributed by atoms with Gasteiger partial charge in [0.1, 0.15) is 5.69 Å². The van der Waals surface area contributed by atoms with Crippen molar-refractivity contribution in [2.75, 3.05) is 0 Å². The summed E-state index contributed by atoms with van der Waals surface area (Å²) in [6.45, 7) is 10.3. The molecule has 1 rings (SSSR count). The van der Waals surface area contributed by atoms with Crippen molar-refractivity contribution in [2.24, 2.45) is 11.1 Å². The summed E-state index contributed by atoms with van der Waals surface area (Å²) in [5.74, 6) is 0.182. The monoisotopic (exact) mass is 211 g/mol. The number of hydrogen-bond acceptors (Lipinski definition) is 3. The molecule has 0 aliphatic heterocycles. The minimum atomic E-state index is -0.238. The summed E-state index contributed by atoms with van der Waals surface area (Å²) in [5.41, 5.74) is 6.37. The third-order valence-electron chi connectivity index (χ3n) is 2.82. The fraction of sp³-hybridized carbons (Fsp3) is 0.727. The van der Waals surface area contributed by atoms with E-state index in [0.29, 0.717) is 5.69 Å². The van der Waals surface area contributed by atoms with Crippen molar-refractivity contribution in [1.29, 1.82) is 0 Å². The van der Waals surface area contributed by atoms with Gasteiger partial charge in [-0.2, -0.15) is 5.10 Å². The lowest BCUT2D eigenvalue weighted by Gasteiger charge is -2.27. The van der Waals surface area contributed by atoms with Gasteiger partial charge in [-0.05, 0) is 19.3 Å². The van der Waals surface area contributed by atoms with Crippen LogP contribution in [0.1, 0.15) is 52.4 Å². The van der Waals surface area contributed by atoms with Crippen LogP contribution in [0.25, 0.3) is 0 Å². The number of aromatic hydroxyl groups is 1. The van der Waals surface area contributed by atoms with Crippen LogP contribution < -0.4 is 5.73 Å². The normalized spacial score (nSPS) is 16.4. The number of nitrogens with two attached hydrogens (primary N) is 1. The maximum absolute atomic E-state index is 9.65. The van der Waals surface area contributed by atoms with Crippen LogP contribution in [-0.2, 0) is 0 Å². The van der Waals surface area contributed by atoms with Crippen LogP contribution in [0.4, 0.5) is 0 Å². The molecular formula is C11H21N3O. The average molecular weight is 211 g/mol. The molecule has 0 radical (unpaired) electrons. The predicted octanol–water partition coefficient (Wildman–Crippen LogP) is 2.22. The highest BCUT2D eigenvalue weighted by Crippen LogP contribution is 2.32. The molecule has 0 amide bonds. The highest BCUT2D eigenvalue weighted by atomic mass is 16.3. The molecule has 1 aromatic heterocycles. The van der Waals surface area contributed by atoms with Crippen molar-refractivity contribution in [3.63, 3.8) is 0 Å². The zero-order valence-electron chi connectivity index (χ0n) is 10.2. The van der Waals surface area contributed by atoms with Crippen molar-refractivity contribution in [2.45, 2.75) is 46.7 Å². The highest BCUT2D eigenvalue weighted by molar-refractivity contribution is 5.25. The highest BCUT2D eigenvalue weighted by Gasteiger charge is 2.24. The molecule has 0 aromatic carbocycles. The zero-order valence-corrected chi connectivity index (χ0v) is 10.2. The Balaban J connectivity index is 3.03. The lowest BCUT2D eigenvalue weighted by atomic mass is 9.88. The van der Waals surface area contributed by atoms with Gasteiger partial charge in [0.15, 0.2) is 5.75 Å². The van der Waals surface area contributed by atoms with Gasteiger partial charge in [-0.25, -0.2) is 0 Å². The molecule has 1 heterocycles. The first-order chi connectivity index (χ1) is 6.73. The molecule has 3 N–H and O–H groups in total. The average Bonchev–Trinajstić information content (AvgIpc) is 2.44. The first-order valence-electron chi connectivity index (χ1n) is 5.27. The van der Waals surface area contributed by atoms with Gasteiger partial charge in [0.05, 0.1) is 12.2 Å². The summed E-state index contributed by atoms with van der Waals surface area (Å²) in [6.07, 6.45) is 1.65. The second kappa shape index (κ2) is 3.85. The largest absolute Gasteiger partial charge is 0.504 e. The molecular weight excluding hydrogens is 190 g/mol. The van der Waals surface area contributed by atoms with E-state index in [4.69, 9.17) is 5.73 Å². The summed E-state index contributed by atoms with van der Waals surface area (Å²) in [6, 6.07) is -0.0191. The van der Waals surface area contributed by atoms with Crippen molar-refractivity contribution in [3.05, 3.63) is 11.9 Å². The molecule has 0 fully saturated rings. The first-order valence-corrected chi connectivity index (χ1v) is 5.27. The van der Waals surface area contributed by atoms with Gasteiger partial charge < -0.3 is 10.8 Å². The fourth-order valence-electron chi connectivity index (χ4n) is 1.32. The second-order valence-electron chi connectivity index (χ2n) is 5.21. The van der Waals surface area contributed by atoms with Gasteiger partial charge in [-0.1, -0.05) is 20.8 Å². The quantitative estimate of drug-likeness (QED) is 0.788. The molecule has 0 saturated heterocycles. The number of rotatable bonds is 2. The summed E-state index contributed by atoms with van der Waals surface area (Å²) in [4.78, 5) is 0. The van der Waals surface area contributed by atoms with Gasteiger partial charge >= 0.3 is 0 Å². The predicted molar refractivity (Wildman–Crippen MR) is 60.7 cm³/mol. The van der Waals surface area contributed by atoms with Crippen LogP contribution in [0.2, 0.25) is 0 Å². The Labute approximate surface area is 91.1 Å². The number of hydrogen-bond donors (Lipinski definition) is 2. The van der Waals surface area contributed by atoms with Gasteiger partial charge in [0, 0.05) is 6.04 Å². The molecule has 1 aromatic rings. The summed E-state index contributed by atoms with van der Waals surface area (Å²) >= 11 is 0. The molecule has 2 atom stereocenters. The first kappa shape index (κ1) is 12.0. The van der Waals surface area contributed by atoms with E-state index >= 15 is 0 Å². The Kier molecular flexibility index (Phi) is 3.09. The lowest BCUT2D eigenvalue weighted by molar-refractivity contribution is 0.243. The fourth-order valence-corrected chi connectivity index (χ4v) is 1.32. The summed E-state index contributed by atoms with van der Waals surface area (Å²) < 4.78 is 1.79. The van der Waals surface area contributed by atoms with E-state index in [1.54, 1.807) is 10.9 Å². The Hall–Kier alpha value is -1.03. The molecule has 0 bridgehead atoms. The number of nitrogens with zero attached hydrogens (tertiary/aromatic N) is 2. The molecule has 2 unspecified atom stereocenters. The Morgan fingerprint density at radius 2 is 1.93 bits per heavy atom. The topological polar surface area (TPSA) is 64.1 Å². The molecule has 0 saturated carbocycles. The van der Waals surface area contributed by atoms with Crippen LogP contribution in [0.5, 0.6) is 5.75 Å². The Bertz CT molecular complexity index is 336. The van der Waals surface area contributed by atoms with Gasteiger partial charge in [-0.15, -0.1) is 0 Å². The van der Waals surface area contributed by atoms with Crippen LogP contribution in [0, 0.1) is 5.41 Å². The van der Waals surface area contributed by atoms with E-state index in [0.717, 1.165) is 0 Å². The molecule has 15 heavy (non-hydrogen) atoms. The molecule has 0 aliphatic rings. The Morgan fingerprint density at radius 3 is 2.27 bits per heavy atom. The van der Waals surface area contributed by atoms with Gasteiger partial charge in [0.25, 0.3) is 0 Å². The molecule has 86 valence electrons. The molecule has 4 heteroatoms. The van der Waals surface area contributed by atoms with E-state index in [-0.39, 0.29) is 23.2 Å². The minimum absolute atomic E-state index is 0.105. The summed E-state index contributed by atoms with van der Waals surface area (Å²) in [7, 11) is 0. The minimum Gasteiger partial charge on any atom is -0.504 e. The van der Waals surface area contributed by atoms with Crippen molar-refractivity contribution < 1.29 is 5.11 Å². The van der Waals surface area contributed by atoms with Crippen LogP contribution in [0.3, 0.4) is 0 Å². The number of aromatic nitrogens is 2. The van der Waals surface area contributed by atoms with Crippen molar-refractivity contribution >= 4 is 0 Å². The third kappa shape index (κ3) is 2.50. The van der Waals surface area contributed by atoms with Gasteiger partial charge in [-0.3, -0.25) is 4.68 Å². The van der Waals surface area contributed by atoms with E-state index in [1.165, 1.54) is 0 Å². The van der Waals surface area contributed by atoms with Crippen LogP contribution in [0.15, 0.2) is 6.20 Å². The SMILES string of the molecule is CC(N)c1nn(C(C)C(C)(C)C)cc1O. The maximum Gasteiger partial charge on any atom is 0.158 e. The van der Waals surface area contributed by atoms with Crippen molar-refractivity contribution in [3.8, 4) is 5.75 Å². The third-order valence-corrected chi connectivity index (χ3v) is 2.82. The molecule has 0 spiro atoms. The maximum atomic E-state index is 9.65. The summed E-state index contributed by atoms with van der Waals surface area (Å²) in [5, 5.41) is 14.0. The van der Waals surface area contributed by atoms with E-state index in [1.807, 2.05) is 6.92 Å². The Morgan fingerprint density at radius 1 is 1.40 bits per heavy atom. The second-order valence-corrected chi connectivity index (χ2v) is 5.21. The van der Waals surface area contributed by atoms with Gasteiger partial charge in [0.2, 0.25) is 0 Å². The van der Waals surface area contributed by atoms with Crippen molar-refractivity contribution in [1.82, 2.24) is 9.78 Å². The lowest BCUT2D eigenvalue weighted by Crippen LogP contribution is -2.22. The molecule has 4 nitrogen and oxygen atoms in total. The smallest absolute Gasteiger partial charge is 0.158 e. The zero-order chi connectivity index (χ0) is 11.8. The van der Waals surface area contributed by atoms with Crippen LogP contribution in [-0.4, -0.2) is 14.9 Å². The van der Waals surface area contributed by atoms with Crippen LogP contribution >= 0.6 is 0 Å². The van der Waals surface area contributed by atoms with E-state index in [2.05, 4.69) is 32.8 Å². The van der Waals surface area contributed by atoms with E-state index < -0.39 is 0 Å². The molecule has 0 aliphatic carbocycles.